The highest BCUT2D eigenvalue weighted by molar-refractivity contribution is 5.43. The highest BCUT2D eigenvalue weighted by Gasteiger charge is 2.20. The van der Waals surface area contributed by atoms with Crippen LogP contribution in [-0.4, -0.2) is 6.04 Å². The molecule has 0 aromatic heterocycles. The lowest BCUT2D eigenvalue weighted by Gasteiger charge is -2.29. The Kier molecular flexibility index (Phi) is 3.65. The molecule has 1 aliphatic rings. The van der Waals surface area contributed by atoms with Crippen LogP contribution >= 0.6 is 0 Å². The van der Waals surface area contributed by atoms with Gasteiger partial charge in [0.15, 0.2) is 0 Å². The van der Waals surface area contributed by atoms with Gasteiger partial charge in [-0.05, 0) is 30.9 Å². The van der Waals surface area contributed by atoms with Gasteiger partial charge in [0.25, 0.3) is 0 Å². The summed E-state index contributed by atoms with van der Waals surface area (Å²) in [5, 5.41) is 3.65. The largest absolute Gasteiger partial charge is 0.382 e. The van der Waals surface area contributed by atoms with Crippen LogP contribution in [0.15, 0.2) is 30.3 Å². The van der Waals surface area contributed by atoms with Crippen molar-refractivity contribution >= 4 is 5.69 Å². The predicted octanol–water partition coefficient (Wildman–Crippen LogP) is 4.07. The SMILES string of the molecule is CC[C@H]1CCC[C@@H](Nc2ccccc2)C1. The van der Waals surface area contributed by atoms with Gasteiger partial charge in [0.1, 0.15) is 0 Å². The van der Waals surface area contributed by atoms with E-state index in [0.717, 1.165) is 5.92 Å². The number of anilines is 1. The molecule has 0 radical (unpaired) electrons. The van der Waals surface area contributed by atoms with E-state index < -0.39 is 0 Å². The Morgan fingerprint density at radius 3 is 2.73 bits per heavy atom. The Bertz CT molecular complexity index is 281. The van der Waals surface area contributed by atoms with Crippen LogP contribution in [0.2, 0.25) is 0 Å². The molecule has 0 aliphatic heterocycles. The second-order valence-electron chi connectivity index (χ2n) is 4.65. The minimum absolute atomic E-state index is 0.700. The molecule has 0 amide bonds. The number of nitrogens with one attached hydrogen (secondary N) is 1. The lowest BCUT2D eigenvalue weighted by Crippen LogP contribution is -2.26. The summed E-state index contributed by atoms with van der Waals surface area (Å²) < 4.78 is 0. The Morgan fingerprint density at radius 2 is 2.00 bits per heavy atom. The average molecular weight is 203 g/mol. The van der Waals surface area contributed by atoms with Gasteiger partial charge in [0, 0.05) is 11.7 Å². The number of para-hydroxylation sites is 1. The van der Waals surface area contributed by atoms with Crippen molar-refractivity contribution in [3.8, 4) is 0 Å². The molecule has 2 atom stereocenters. The third-order valence-corrected chi connectivity index (χ3v) is 3.50. The molecule has 1 heteroatoms. The second kappa shape index (κ2) is 5.20. The van der Waals surface area contributed by atoms with E-state index in [1.165, 1.54) is 37.8 Å². The van der Waals surface area contributed by atoms with Crippen molar-refractivity contribution in [3.05, 3.63) is 30.3 Å². The normalized spacial score (nSPS) is 26.2. The molecule has 0 heterocycles. The fourth-order valence-electron chi connectivity index (χ4n) is 2.56. The van der Waals surface area contributed by atoms with Gasteiger partial charge in [0.2, 0.25) is 0 Å². The molecule has 82 valence electrons. The van der Waals surface area contributed by atoms with Gasteiger partial charge in [-0.3, -0.25) is 0 Å². The van der Waals surface area contributed by atoms with Crippen LogP contribution in [0.5, 0.6) is 0 Å². The van der Waals surface area contributed by atoms with Gasteiger partial charge in [-0.15, -0.1) is 0 Å². The smallest absolute Gasteiger partial charge is 0.0342 e. The fourth-order valence-corrected chi connectivity index (χ4v) is 2.56. The first-order chi connectivity index (χ1) is 7.38. The van der Waals surface area contributed by atoms with E-state index in [0.29, 0.717) is 6.04 Å². The van der Waals surface area contributed by atoms with Crippen molar-refractivity contribution in [1.29, 1.82) is 0 Å². The zero-order valence-electron chi connectivity index (χ0n) is 9.58. The molecule has 0 unspecified atom stereocenters. The Labute approximate surface area is 92.9 Å². The number of hydrogen-bond acceptors (Lipinski definition) is 1. The summed E-state index contributed by atoms with van der Waals surface area (Å²) >= 11 is 0. The van der Waals surface area contributed by atoms with E-state index in [9.17, 15) is 0 Å². The molecule has 1 aliphatic carbocycles. The van der Waals surface area contributed by atoms with E-state index in [1.54, 1.807) is 0 Å². The third kappa shape index (κ3) is 2.98. The van der Waals surface area contributed by atoms with Gasteiger partial charge in [-0.1, -0.05) is 44.4 Å². The number of rotatable bonds is 3. The van der Waals surface area contributed by atoms with E-state index in [2.05, 4.69) is 42.6 Å². The van der Waals surface area contributed by atoms with Crippen LogP contribution in [0.1, 0.15) is 39.0 Å². The van der Waals surface area contributed by atoms with Crippen molar-refractivity contribution < 1.29 is 0 Å². The first-order valence-electron chi connectivity index (χ1n) is 6.20. The molecule has 0 saturated heterocycles. The van der Waals surface area contributed by atoms with E-state index >= 15 is 0 Å². The number of hydrogen-bond donors (Lipinski definition) is 1. The van der Waals surface area contributed by atoms with Crippen LogP contribution in [0.4, 0.5) is 5.69 Å². The van der Waals surface area contributed by atoms with Gasteiger partial charge in [-0.25, -0.2) is 0 Å². The molecule has 15 heavy (non-hydrogen) atoms. The maximum Gasteiger partial charge on any atom is 0.0342 e. The highest BCUT2D eigenvalue weighted by atomic mass is 14.9. The molecular weight excluding hydrogens is 182 g/mol. The van der Waals surface area contributed by atoms with E-state index in [-0.39, 0.29) is 0 Å². The van der Waals surface area contributed by atoms with Gasteiger partial charge < -0.3 is 5.32 Å². The van der Waals surface area contributed by atoms with Gasteiger partial charge >= 0.3 is 0 Å². The third-order valence-electron chi connectivity index (χ3n) is 3.50. The molecule has 1 fully saturated rings. The summed E-state index contributed by atoms with van der Waals surface area (Å²) in [6.07, 6.45) is 6.86. The molecular formula is C14H21N. The lowest BCUT2D eigenvalue weighted by atomic mass is 9.84. The van der Waals surface area contributed by atoms with E-state index in [4.69, 9.17) is 0 Å². The second-order valence-corrected chi connectivity index (χ2v) is 4.65. The van der Waals surface area contributed by atoms with Crippen molar-refractivity contribution in [2.45, 2.75) is 45.1 Å². The van der Waals surface area contributed by atoms with Gasteiger partial charge in [-0.2, -0.15) is 0 Å². The summed E-state index contributed by atoms with van der Waals surface area (Å²) in [5.41, 5.74) is 1.28. The summed E-state index contributed by atoms with van der Waals surface area (Å²) in [7, 11) is 0. The Hall–Kier alpha value is -0.980. The minimum atomic E-state index is 0.700. The first kappa shape index (κ1) is 10.5. The van der Waals surface area contributed by atoms with Crippen LogP contribution in [0.25, 0.3) is 0 Å². The fraction of sp³-hybridized carbons (Fsp3) is 0.571. The molecule has 0 bridgehead atoms. The lowest BCUT2D eigenvalue weighted by molar-refractivity contribution is 0.327. The zero-order chi connectivity index (χ0) is 10.5. The predicted molar refractivity (Wildman–Crippen MR) is 66.1 cm³/mol. The van der Waals surface area contributed by atoms with Crippen molar-refractivity contribution in [1.82, 2.24) is 0 Å². The van der Waals surface area contributed by atoms with Crippen molar-refractivity contribution in [2.24, 2.45) is 5.92 Å². The van der Waals surface area contributed by atoms with Crippen LogP contribution in [0.3, 0.4) is 0 Å². The monoisotopic (exact) mass is 203 g/mol. The summed E-state index contributed by atoms with van der Waals surface area (Å²) in [5.74, 6) is 0.944. The van der Waals surface area contributed by atoms with Crippen molar-refractivity contribution in [2.75, 3.05) is 5.32 Å². The maximum absolute atomic E-state index is 3.65. The maximum atomic E-state index is 3.65. The van der Waals surface area contributed by atoms with Crippen LogP contribution < -0.4 is 5.32 Å². The molecule has 0 spiro atoms. The minimum Gasteiger partial charge on any atom is -0.382 e. The average Bonchev–Trinajstić information content (AvgIpc) is 2.31. The Balaban J connectivity index is 1.89. The quantitative estimate of drug-likeness (QED) is 0.781. The molecule has 1 nitrogen and oxygen atoms in total. The summed E-state index contributed by atoms with van der Waals surface area (Å²) in [4.78, 5) is 0. The molecule has 1 N–H and O–H groups in total. The summed E-state index contributed by atoms with van der Waals surface area (Å²) in [6, 6.07) is 11.3. The topological polar surface area (TPSA) is 12.0 Å². The van der Waals surface area contributed by atoms with Gasteiger partial charge in [0.05, 0.1) is 0 Å². The van der Waals surface area contributed by atoms with Crippen LogP contribution in [0, 0.1) is 5.92 Å². The molecule has 1 aromatic carbocycles. The first-order valence-corrected chi connectivity index (χ1v) is 6.20. The summed E-state index contributed by atoms with van der Waals surface area (Å²) in [6.45, 7) is 2.32. The molecule has 1 aromatic rings. The van der Waals surface area contributed by atoms with E-state index in [1.807, 2.05) is 0 Å². The zero-order valence-corrected chi connectivity index (χ0v) is 9.58. The number of benzene rings is 1. The van der Waals surface area contributed by atoms with Crippen LogP contribution in [-0.2, 0) is 0 Å². The highest BCUT2D eigenvalue weighted by Crippen LogP contribution is 2.28. The molecule has 1 saturated carbocycles. The van der Waals surface area contributed by atoms with Crippen molar-refractivity contribution in [3.63, 3.8) is 0 Å². The molecule has 2 rings (SSSR count). The Morgan fingerprint density at radius 1 is 1.20 bits per heavy atom. The standard InChI is InChI=1S/C14H21N/c1-2-12-7-6-10-14(11-12)15-13-8-4-3-5-9-13/h3-5,8-9,12,14-15H,2,6-7,10-11H2,1H3/t12-,14+/m0/s1.